The molecule has 9 heteroatoms. The summed E-state index contributed by atoms with van der Waals surface area (Å²) < 4.78 is 43.4. The molecule has 1 amide bonds. The Hall–Kier alpha value is -2.88. The topological polar surface area (TPSA) is 71.7 Å². The molecular weight excluding hydrogens is 437 g/mol. The van der Waals surface area contributed by atoms with E-state index in [1.807, 2.05) is 6.92 Å². The van der Waals surface area contributed by atoms with Crippen molar-refractivity contribution in [3.63, 3.8) is 0 Å². The third-order valence-electron chi connectivity index (χ3n) is 4.57. The van der Waals surface area contributed by atoms with Gasteiger partial charge in [-0.15, -0.1) is 13.2 Å². The molecule has 0 spiro atoms. The van der Waals surface area contributed by atoms with Gasteiger partial charge in [-0.2, -0.15) is 9.30 Å². The number of carbonyl (C=O) groups is 1. The number of hydrogen-bond acceptors (Lipinski definition) is 4. The van der Waals surface area contributed by atoms with Crippen molar-refractivity contribution in [3.8, 4) is 0 Å². The van der Waals surface area contributed by atoms with Crippen LogP contribution in [0.2, 0.25) is 0 Å². The van der Waals surface area contributed by atoms with Crippen molar-refractivity contribution < 1.29 is 17.6 Å². The lowest BCUT2D eigenvalue weighted by atomic mass is 10.2. The molecule has 162 valence electrons. The molecule has 0 unspecified atom stereocenters. The van der Waals surface area contributed by atoms with Gasteiger partial charge in [0, 0.05) is 25.2 Å². The van der Waals surface area contributed by atoms with Gasteiger partial charge < -0.3 is 4.57 Å². The first-order valence-corrected chi connectivity index (χ1v) is 11.8. The van der Waals surface area contributed by atoms with Gasteiger partial charge in [-0.1, -0.05) is 29.6 Å². The van der Waals surface area contributed by atoms with Crippen LogP contribution in [-0.2, 0) is 16.6 Å². The molecule has 0 atom stereocenters. The number of aromatic nitrogens is 1. The molecule has 0 aliphatic carbocycles. The van der Waals surface area contributed by atoms with E-state index >= 15 is 0 Å². The Balaban J connectivity index is 1.96. The second kappa shape index (κ2) is 9.51. The number of benzene rings is 2. The number of fused-ring (bicyclic) bond motifs is 1. The van der Waals surface area contributed by atoms with E-state index < -0.39 is 15.9 Å². The monoisotopic (exact) mass is 459 g/mol. The van der Waals surface area contributed by atoms with Crippen LogP contribution in [0.15, 0.2) is 77.7 Å². The van der Waals surface area contributed by atoms with E-state index in [0.29, 0.717) is 21.6 Å². The number of sulfonamides is 1. The zero-order valence-electron chi connectivity index (χ0n) is 17.0. The lowest BCUT2D eigenvalue weighted by Gasteiger charge is -2.19. The van der Waals surface area contributed by atoms with Crippen LogP contribution in [0.3, 0.4) is 0 Å². The SMILES string of the molecule is C=CCN(CC=C)S(=O)(=O)c1ccc(C(=O)N=c2sc3cccc(F)c3n2CC)cc1. The van der Waals surface area contributed by atoms with Crippen molar-refractivity contribution in [1.82, 2.24) is 8.87 Å². The molecule has 1 heterocycles. The average molecular weight is 460 g/mol. The largest absolute Gasteiger partial charge is 0.314 e. The Labute approximate surface area is 184 Å². The van der Waals surface area contributed by atoms with E-state index in [1.54, 1.807) is 16.7 Å². The van der Waals surface area contributed by atoms with Crippen molar-refractivity contribution >= 4 is 37.5 Å². The quantitative estimate of drug-likeness (QED) is 0.479. The summed E-state index contributed by atoms with van der Waals surface area (Å²) >= 11 is 1.22. The van der Waals surface area contributed by atoms with Gasteiger partial charge >= 0.3 is 0 Å². The van der Waals surface area contributed by atoms with Crippen LogP contribution in [0, 0.1) is 5.82 Å². The first-order valence-electron chi connectivity index (χ1n) is 9.52. The van der Waals surface area contributed by atoms with Gasteiger partial charge in [-0.3, -0.25) is 4.79 Å². The Morgan fingerprint density at radius 2 is 1.81 bits per heavy atom. The fourth-order valence-corrected chi connectivity index (χ4v) is 5.58. The van der Waals surface area contributed by atoms with Crippen molar-refractivity contribution in [2.24, 2.45) is 4.99 Å². The standard InChI is InChI=1S/C22H22FN3O3S2/c1-4-14-25(15-5-2)31(28,29)17-12-10-16(11-13-17)21(27)24-22-26(6-3)20-18(23)8-7-9-19(20)30-22/h4-5,7-13H,1-2,6,14-15H2,3H3. The molecular formula is C22H22FN3O3S2. The highest BCUT2D eigenvalue weighted by Gasteiger charge is 2.22. The van der Waals surface area contributed by atoms with Crippen LogP contribution < -0.4 is 4.80 Å². The number of halogens is 1. The lowest BCUT2D eigenvalue weighted by molar-refractivity contribution is 0.0997. The number of para-hydroxylation sites is 1. The fourth-order valence-electron chi connectivity index (χ4n) is 3.09. The highest BCUT2D eigenvalue weighted by molar-refractivity contribution is 7.89. The van der Waals surface area contributed by atoms with Crippen molar-refractivity contribution in [1.29, 1.82) is 0 Å². The van der Waals surface area contributed by atoms with Gasteiger partial charge in [-0.25, -0.2) is 12.8 Å². The minimum Gasteiger partial charge on any atom is -0.314 e. The summed E-state index contributed by atoms with van der Waals surface area (Å²) in [4.78, 5) is 17.3. The molecule has 0 aliphatic rings. The molecule has 2 aromatic carbocycles. The highest BCUT2D eigenvalue weighted by atomic mass is 32.2. The smallest absolute Gasteiger partial charge is 0.279 e. The molecule has 0 radical (unpaired) electrons. The highest BCUT2D eigenvalue weighted by Crippen LogP contribution is 2.21. The Morgan fingerprint density at radius 1 is 1.16 bits per heavy atom. The molecule has 0 fully saturated rings. The van der Waals surface area contributed by atoms with Crippen molar-refractivity contribution in [2.75, 3.05) is 13.1 Å². The van der Waals surface area contributed by atoms with E-state index in [2.05, 4.69) is 18.2 Å². The van der Waals surface area contributed by atoms with Gasteiger partial charge in [0.25, 0.3) is 5.91 Å². The van der Waals surface area contributed by atoms with E-state index in [1.165, 1.54) is 58.1 Å². The third-order valence-corrected chi connectivity index (χ3v) is 7.46. The van der Waals surface area contributed by atoms with Crippen LogP contribution >= 0.6 is 11.3 Å². The molecule has 0 N–H and O–H groups in total. The number of nitrogens with zero attached hydrogens (tertiary/aromatic N) is 3. The lowest BCUT2D eigenvalue weighted by Crippen LogP contribution is -2.31. The summed E-state index contributed by atoms with van der Waals surface area (Å²) in [6, 6.07) is 10.3. The molecule has 6 nitrogen and oxygen atoms in total. The fraction of sp³-hybridized carbons (Fsp3) is 0.182. The summed E-state index contributed by atoms with van der Waals surface area (Å²) in [7, 11) is -3.75. The molecule has 0 bridgehead atoms. The minimum absolute atomic E-state index is 0.0558. The first-order chi connectivity index (χ1) is 14.8. The number of thiazole rings is 1. The summed E-state index contributed by atoms with van der Waals surface area (Å²) in [5, 5.41) is 0. The van der Waals surface area contributed by atoms with E-state index in [-0.39, 0.29) is 29.4 Å². The normalized spacial score (nSPS) is 12.4. The third kappa shape index (κ3) is 4.58. The van der Waals surface area contributed by atoms with Gasteiger partial charge in [0.2, 0.25) is 10.0 Å². The molecule has 1 aromatic heterocycles. The van der Waals surface area contributed by atoms with Crippen LogP contribution in [0.4, 0.5) is 4.39 Å². The summed E-state index contributed by atoms with van der Waals surface area (Å²) in [6.45, 7) is 9.74. The minimum atomic E-state index is -3.75. The maximum Gasteiger partial charge on any atom is 0.279 e. The zero-order chi connectivity index (χ0) is 22.6. The number of carbonyl (C=O) groups excluding carboxylic acids is 1. The second-order valence-electron chi connectivity index (χ2n) is 6.56. The molecule has 31 heavy (non-hydrogen) atoms. The predicted octanol–water partition coefficient (Wildman–Crippen LogP) is 3.97. The first kappa shape index (κ1) is 22.8. The number of rotatable bonds is 8. The predicted molar refractivity (Wildman–Crippen MR) is 121 cm³/mol. The molecule has 0 saturated carbocycles. The maximum absolute atomic E-state index is 14.2. The molecule has 0 aliphatic heterocycles. The van der Waals surface area contributed by atoms with Crippen LogP contribution in [-0.4, -0.2) is 36.3 Å². The Kier molecular flexibility index (Phi) is 6.99. The number of amides is 1. The zero-order valence-corrected chi connectivity index (χ0v) is 18.6. The van der Waals surface area contributed by atoms with Crippen molar-refractivity contribution in [3.05, 3.63) is 84.0 Å². The average Bonchev–Trinajstić information content (AvgIpc) is 3.12. The van der Waals surface area contributed by atoms with Gasteiger partial charge in [0.1, 0.15) is 5.82 Å². The van der Waals surface area contributed by atoms with E-state index in [0.717, 1.165) is 0 Å². The number of aryl methyl sites for hydroxylation is 1. The Bertz CT molecular complexity index is 1300. The Morgan fingerprint density at radius 3 is 2.39 bits per heavy atom. The second-order valence-corrected chi connectivity index (χ2v) is 9.50. The van der Waals surface area contributed by atoms with Gasteiger partial charge in [0.05, 0.1) is 15.1 Å². The maximum atomic E-state index is 14.2. The van der Waals surface area contributed by atoms with Gasteiger partial charge in [0.15, 0.2) is 4.80 Å². The van der Waals surface area contributed by atoms with E-state index in [4.69, 9.17) is 0 Å². The van der Waals surface area contributed by atoms with E-state index in [9.17, 15) is 17.6 Å². The molecule has 3 aromatic rings. The number of hydrogen-bond donors (Lipinski definition) is 0. The van der Waals surface area contributed by atoms with Crippen LogP contribution in [0.1, 0.15) is 17.3 Å². The summed E-state index contributed by atoms with van der Waals surface area (Å²) in [6.07, 6.45) is 2.99. The summed E-state index contributed by atoms with van der Waals surface area (Å²) in [5.41, 5.74) is 0.644. The summed E-state index contributed by atoms with van der Waals surface area (Å²) in [5.74, 6) is -0.908. The van der Waals surface area contributed by atoms with Gasteiger partial charge in [-0.05, 0) is 43.3 Å². The molecule has 0 saturated heterocycles. The van der Waals surface area contributed by atoms with Crippen LogP contribution in [0.5, 0.6) is 0 Å². The van der Waals surface area contributed by atoms with Crippen molar-refractivity contribution in [2.45, 2.75) is 18.4 Å². The van der Waals surface area contributed by atoms with Crippen LogP contribution in [0.25, 0.3) is 10.2 Å². The molecule has 3 rings (SSSR count).